The molecule has 0 bridgehead atoms. The zero-order valence-corrected chi connectivity index (χ0v) is 11.8. The van der Waals surface area contributed by atoms with Gasteiger partial charge in [-0.3, -0.25) is 4.79 Å². The van der Waals surface area contributed by atoms with Crippen molar-refractivity contribution >= 4 is 5.91 Å². The van der Waals surface area contributed by atoms with Crippen molar-refractivity contribution in [3.8, 4) is 5.69 Å². The van der Waals surface area contributed by atoms with Crippen LogP contribution in [0.1, 0.15) is 48.7 Å². The molecular weight excluding hydrogens is 250 g/mol. The number of benzene rings is 1. The molecule has 104 valence electrons. The van der Waals surface area contributed by atoms with Crippen LogP contribution >= 0.6 is 0 Å². The lowest BCUT2D eigenvalue weighted by Gasteiger charge is -2.12. The van der Waals surface area contributed by atoms with E-state index in [0.29, 0.717) is 11.6 Å². The van der Waals surface area contributed by atoms with Gasteiger partial charge in [0.1, 0.15) is 0 Å². The Hall–Kier alpha value is -2.10. The van der Waals surface area contributed by atoms with Gasteiger partial charge in [0.2, 0.25) is 0 Å². The van der Waals surface area contributed by atoms with Crippen LogP contribution in [-0.4, -0.2) is 21.7 Å². The van der Waals surface area contributed by atoms with Crippen molar-refractivity contribution in [1.29, 1.82) is 0 Å². The molecule has 1 aromatic carbocycles. The summed E-state index contributed by atoms with van der Waals surface area (Å²) in [7, 11) is 0. The summed E-state index contributed by atoms with van der Waals surface area (Å²) in [6, 6.07) is 10.3. The Kier molecular flexibility index (Phi) is 3.30. The average Bonchev–Trinajstić information content (AvgIpc) is 3.14. The fourth-order valence-electron chi connectivity index (χ4n) is 2.35. The predicted octanol–water partition coefficient (Wildman–Crippen LogP) is 2.89. The van der Waals surface area contributed by atoms with E-state index < -0.39 is 0 Å². The van der Waals surface area contributed by atoms with Gasteiger partial charge in [-0.05, 0) is 30.9 Å². The van der Waals surface area contributed by atoms with Crippen LogP contribution in [0.2, 0.25) is 0 Å². The Morgan fingerprint density at radius 3 is 2.60 bits per heavy atom. The van der Waals surface area contributed by atoms with Gasteiger partial charge in [-0.2, -0.15) is 5.10 Å². The number of carbonyl (C=O) groups is 1. The molecule has 2 aromatic rings. The minimum absolute atomic E-state index is 0.00150. The van der Waals surface area contributed by atoms with E-state index in [4.69, 9.17) is 0 Å². The average molecular weight is 269 g/mol. The van der Waals surface area contributed by atoms with E-state index in [1.807, 2.05) is 35.0 Å². The van der Waals surface area contributed by atoms with Crippen molar-refractivity contribution in [2.45, 2.75) is 38.6 Å². The largest absolute Gasteiger partial charge is 0.349 e. The molecule has 0 spiro atoms. The summed E-state index contributed by atoms with van der Waals surface area (Å²) < 4.78 is 1.87. The van der Waals surface area contributed by atoms with Crippen LogP contribution in [0.25, 0.3) is 5.69 Å². The van der Waals surface area contributed by atoms with Gasteiger partial charge in [-0.15, -0.1) is 0 Å². The first-order chi connectivity index (χ1) is 9.66. The van der Waals surface area contributed by atoms with Crippen molar-refractivity contribution in [1.82, 2.24) is 15.1 Å². The van der Waals surface area contributed by atoms with Crippen molar-refractivity contribution in [3.63, 3.8) is 0 Å². The molecule has 1 fully saturated rings. The highest BCUT2D eigenvalue weighted by molar-refractivity contribution is 5.95. The summed E-state index contributed by atoms with van der Waals surface area (Å²) in [5.41, 5.74) is 2.65. The van der Waals surface area contributed by atoms with E-state index in [1.54, 1.807) is 6.20 Å². The zero-order valence-electron chi connectivity index (χ0n) is 11.8. The van der Waals surface area contributed by atoms with Gasteiger partial charge in [-0.25, -0.2) is 4.68 Å². The number of hydrogen-bond acceptors (Lipinski definition) is 2. The topological polar surface area (TPSA) is 46.9 Å². The monoisotopic (exact) mass is 269 g/mol. The van der Waals surface area contributed by atoms with Gasteiger partial charge < -0.3 is 5.32 Å². The van der Waals surface area contributed by atoms with Gasteiger partial charge in [0.05, 0.1) is 23.1 Å². The molecule has 4 heteroatoms. The smallest absolute Gasteiger partial charge is 0.255 e. The van der Waals surface area contributed by atoms with Crippen LogP contribution < -0.4 is 5.32 Å². The number of carbonyl (C=O) groups excluding carboxylic acids is 1. The molecule has 1 aliphatic rings. The molecule has 0 radical (unpaired) electrons. The Balaban J connectivity index is 1.99. The Morgan fingerprint density at radius 1 is 1.30 bits per heavy atom. The first-order valence-corrected chi connectivity index (χ1v) is 7.11. The van der Waals surface area contributed by atoms with Gasteiger partial charge >= 0.3 is 0 Å². The van der Waals surface area contributed by atoms with Crippen LogP contribution in [0, 0.1) is 0 Å². The van der Waals surface area contributed by atoms with E-state index in [2.05, 4.69) is 24.3 Å². The van der Waals surface area contributed by atoms with Gasteiger partial charge in [0, 0.05) is 6.04 Å². The molecular formula is C16H19N3O. The number of nitrogens with zero attached hydrogens (tertiary/aromatic N) is 2. The van der Waals surface area contributed by atoms with E-state index in [9.17, 15) is 4.79 Å². The van der Waals surface area contributed by atoms with Crippen LogP contribution in [0.15, 0.2) is 36.5 Å². The molecule has 3 rings (SSSR count). The Bertz CT molecular complexity index is 612. The van der Waals surface area contributed by atoms with Crippen LogP contribution in [-0.2, 0) is 0 Å². The maximum Gasteiger partial charge on any atom is 0.255 e. The van der Waals surface area contributed by atoms with Gasteiger partial charge in [0.15, 0.2) is 0 Å². The third-order valence-corrected chi connectivity index (χ3v) is 3.51. The predicted molar refractivity (Wildman–Crippen MR) is 78.1 cm³/mol. The fraction of sp³-hybridized carbons (Fsp3) is 0.375. The van der Waals surface area contributed by atoms with Gasteiger partial charge in [0.25, 0.3) is 5.91 Å². The highest BCUT2D eigenvalue weighted by Crippen LogP contribution is 2.25. The molecule has 0 aliphatic heterocycles. The third kappa shape index (κ3) is 2.46. The number of rotatable bonds is 4. The number of hydrogen-bond donors (Lipinski definition) is 1. The first-order valence-electron chi connectivity index (χ1n) is 7.11. The van der Waals surface area contributed by atoms with Gasteiger partial charge in [-0.1, -0.05) is 32.0 Å². The molecule has 1 N–H and O–H groups in total. The molecule has 0 unspecified atom stereocenters. The van der Waals surface area contributed by atoms with E-state index in [-0.39, 0.29) is 11.8 Å². The summed E-state index contributed by atoms with van der Waals surface area (Å²) >= 11 is 0. The zero-order chi connectivity index (χ0) is 14.1. The van der Waals surface area contributed by atoms with Crippen molar-refractivity contribution < 1.29 is 4.79 Å². The summed E-state index contributed by atoms with van der Waals surface area (Å²) in [5.74, 6) is 0.232. The minimum atomic E-state index is -0.00150. The summed E-state index contributed by atoms with van der Waals surface area (Å²) in [6.45, 7) is 4.18. The number of aromatic nitrogens is 2. The lowest BCUT2D eigenvalue weighted by Crippen LogP contribution is -2.26. The molecule has 1 amide bonds. The Labute approximate surface area is 118 Å². The number of para-hydroxylation sites is 1. The first kappa shape index (κ1) is 12.9. The number of nitrogens with one attached hydrogen (secondary N) is 1. The normalized spacial score (nSPS) is 14.6. The maximum atomic E-state index is 12.3. The molecule has 4 nitrogen and oxygen atoms in total. The highest BCUT2D eigenvalue weighted by atomic mass is 16.1. The standard InChI is InChI=1S/C16H19N3O/c1-11(2)15-14(16(20)18-12-8-9-12)10-17-19(15)13-6-4-3-5-7-13/h3-7,10-12H,8-9H2,1-2H3,(H,18,20). The summed E-state index contributed by atoms with van der Waals surface area (Å²) in [4.78, 5) is 12.3. The van der Waals surface area contributed by atoms with Crippen molar-refractivity contribution in [2.24, 2.45) is 0 Å². The summed E-state index contributed by atoms with van der Waals surface area (Å²) in [6.07, 6.45) is 3.87. The second kappa shape index (κ2) is 5.12. The lowest BCUT2D eigenvalue weighted by molar-refractivity contribution is 0.0949. The second-order valence-corrected chi connectivity index (χ2v) is 5.59. The lowest BCUT2D eigenvalue weighted by atomic mass is 10.1. The second-order valence-electron chi connectivity index (χ2n) is 5.59. The van der Waals surface area contributed by atoms with E-state index in [0.717, 1.165) is 24.2 Å². The fourth-order valence-corrected chi connectivity index (χ4v) is 2.35. The van der Waals surface area contributed by atoms with Crippen LogP contribution in [0.4, 0.5) is 0 Å². The minimum Gasteiger partial charge on any atom is -0.349 e. The third-order valence-electron chi connectivity index (χ3n) is 3.51. The molecule has 0 atom stereocenters. The molecule has 0 saturated heterocycles. The van der Waals surface area contributed by atoms with Crippen molar-refractivity contribution in [3.05, 3.63) is 47.8 Å². The maximum absolute atomic E-state index is 12.3. The van der Waals surface area contributed by atoms with Crippen molar-refractivity contribution in [2.75, 3.05) is 0 Å². The van der Waals surface area contributed by atoms with Crippen LogP contribution in [0.3, 0.4) is 0 Å². The quantitative estimate of drug-likeness (QED) is 0.927. The Morgan fingerprint density at radius 2 is 2.00 bits per heavy atom. The molecule has 1 aliphatic carbocycles. The number of amides is 1. The SMILES string of the molecule is CC(C)c1c(C(=O)NC2CC2)cnn1-c1ccccc1. The highest BCUT2D eigenvalue weighted by Gasteiger charge is 2.27. The molecule has 1 saturated carbocycles. The van der Waals surface area contributed by atoms with E-state index >= 15 is 0 Å². The van der Waals surface area contributed by atoms with Crippen LogP contribution in [0.5, 0.6) is 0 Å². The molecule has 1 aromatic heterocycles. The summed E-state index contributed by atoms with van der Waals surface area (Å²) in [5, 5.41) is 7.45. The van der Waals surface area contributed by atoms with E-state index in [1.165, 1.54) is 0 Å². The molecule has 1 heterocycles. The molecule has 20 heavy (non-hydrogen) atoms.